The van der Waals surface area contributed by atoms with Crippen LogP contribution in [0, 0.1) is 5.82 Å². The second-order valence-electron chi connectivity index (χ2n) is 6.97. The van der Waals surface area contributed by atoms with Crippen molar-refractivity contribution < 1.29 is 13.9 Å². The molecular weight excluding hydrogens is 321 g/mol. The average molecular weight is 349 g/mol. The van der Waals surface area contributed by atoms with Crippen LogP contribution < -0.4 is 0 Å². The maximum Gasteiger partial charge on any atom is 0.239 e. The first kappa shape index (κ1) is 18.3. The number of likely N-dealkylation sites (N-methyl/N-ethyl adjacent to an activating group) is 1. The Morgan fingerprint density at radius 2 is 1.96 bits per heavy atom. The van der Waals surface area contributed by atoms with E-state index in [2.05, 4.69) is 9.80 Å². The van der Waals surface area contributed by atoms with Gasteiger partial charge in [-0.1, -0.05) is 12.1 Å². The molecule has 2 aliphatic rings. The number of benzene rings is 1. The lowest BCUT2D eigenvalue weighted by molar-refractivity contribution is -0.135. The van der Waals surface area contributed by atoms with Crippen molar-refractivity contribution in [2.45, 2.75) is 25.4 Å². The molecule has 0 spiro atoms. The summed E-state index contributed by atoms with van der Waals surface area (Å²) in [6, 6.07) is 6.52. The summed E-state index contributed by atoms with van der Waals surface area (Å²) in [6.07, 6.45) is 1.94. The van der Waals surface area contributed by atoms with Gasteiger partial charge in [-0.2, -0.15) is 0 Å². The number of ether oxygens (including phenoxy) is 1. The van der Waals surface area contributed by atoms with Gasteiger partial charge in [-0.15, -0.1) is 0 Å². The highest BCUT2D eigenvalue weighted by Gasteiger charge is 2.32. The van der Waals surface area contributed by atoms with Crippen LogP contribution in [0.3, 0.4) is 0 Å². The van der Waals surface area contributed by atoms with E-state index in [9.17, 15) is 9.18 Å². The minimum atomic E-state index is -0.222. The van der Waals surface area contributed by atoms with E-state index >= 15 is 0 Å². The minimum absolute atomic E-state index is 0.0558. The number of nitrogens with zero attached hydrogens (tertiary/aromatic N) is 3. The maximum atomic E-state index is 13.1. The van der Waals surface area contributed by atoms with Crippen LogP contribution in [0.5, 0.6) is 0 Å². The molecule has 0 aliphatic carbocycles. The molecule has 2 aliphatic heterocycles. The van der Waals surface area contributed by atoms with Crippen LogP contribution in [0.4, 0.5) is 4.39 Å². The molecule has 5 nitrogen and oxygen atoms in total. The summed E-state index contributed by atoms with van der Waals surface area (Å²) < 4.78 is 18.4. The minimum Gasteiger partial charge on any atom is -0.379 e. The Bertz CT molecular complexity index is 560. The Labute approximate surface area is 149 Å². The van der Waals surface area contributed by atoms with Gasteiger partial charge in [-0.25, -0.2) is 4.39 Å². The van der Waals surface area contributed by atoms with E-state index in [0.29, 0.717) is 6.54 Å². The zero-order chi connectivity index (χ0) is 17.6. The molecule has 1 amide bonds. The van der Waals surface area contributed by atoms with Crippen molar-refractivity contribution in [1.82, 2.24) is 14.7 Å². The number of hydrogen-bond acceptors (Lipinski definition) is 4. The molecule has 0 saturated carbocycles. The van der Waals surface area contributed by atoms with Gasteiger partial charge in [0, 0.05) is 39.8 Å². The second-order valence-corrected chi connectivity index (χ2v) is 6.97. The predicted octanol–water partition coefficient (Wildman–Crippen LogP) is 1.58. The Morgan fingerprint density at radius 1 is 1.24 bits per heavy atom. The Kier molecular flexibility index (Phi) is 6.39. The van der Waals surface area contributed by atoms with Gasteiger partial charge in [0.2, 0.25) is 5.91 Å². The summed E-state index contributed by atoms with van der Waals surface area (Å²) in [5.41, 5.74) is 1.05. The van der Waals surface area contributed by atoms with E-state index in [4.69, 9.17) is 4.74 Å². The summed E-state index contributed by atoms with van der Waals surface area (Å²) in [4.78, 5) is 19.3. The molecule has 138 valence electrons. The van der Waals surface area contributed by atoms with Crippen LogP contribution in [0.25, 0.3) is 0 Å². The van der Waals surface area contributed by atoms with E-state index in [1.54, 1.807) is 12.1 Å². The first-order valence-corrected chi connectivity index (χ1v) is 9.17. The Hall–Kier alpha value is -1.50. The lowest BCUT2D eigenvalue weighted by Gasteiger charge is -2.31. The third kappa shape index (κ3) is 5.00. The zero-order valence-corrected chi connectivity index (χ0v) is 15.0. The molecule has 6 heteroatoms. The number of morpholine rings is 1. The molecule has 2 saturated heterocycles. The lowest BCUT2D eigenvalue weighted by Crippen LogP contribution is -2.47. The Morgan fingerprint density at radius 3 is 2.68 bits per heavy atom. The van der Waals surface area contributed by atoms with Crippen LogP contribution in [0.15, 0.2) is 24.3 Å². The third-order valence-electron chi connectivity index (χ3n) is 5.18. The fourth-order valence-corrected chi connectivity index (χ4v) is 3.60. The van der Waals surface area contributed by atoms with Crippen LogP contribution in [0.1, 0.15) is 18.4 Å². The quantitative estimate of drug-likeness (QED) is 0.781. The highest BCUT2D eigenvalue weighted by Crippen LogP contribution is 2.21. The van der Waals surface area contributed by atoms with E-state index < -0.39 is 0 Å². The highest BCUT2D eigenvalue weighted by atomic mass is 19.1. The molecule has 0 radical (unpaired) electrons. The van der Waals surface area contributed by atoms with Gasteiger partial charge in [0.1, 0.15) is 5.82 Å². The van der Waals surface area contributed by atoms with Gasteiger partial charge in [-0.3, -0.25) is 14.6 Å². The summed E-state index contributed by atoms with van der Waals surface area (Å²) >= 11 is 0. The predicted molar refractivity (Wildman–Crippen MR) is 94.7 cm³/mol. The lowest BCUT2D eigenvalue weighted by atomic mass is 10.1. The highest BCUT2D eigenvalue weighted by molar-refractivity contribution is 5.82. The summed E-state index contributed by atoms with van der Waals surface area (Å²) in [6.45, 7) is 6.73. The molecule has 1 aromatic carbocycles. The van der Waals surface area contributed by atoms with Gasteiger partial charge in [-0.05, 0) is 37.1 Å². The van der Waals surface area contributed by atoms with Crippen LogP contribution >= 0.6 is 0 Å². The van der Waals surface area contributed by atoms with Gasteiger partial charge >= 0.3 is 0 Å². The molecule has 25 heavy (non-hydrogen) atoms. The standard InChI is InChI=1S/C19H28FN3O2/c1-21(9-10-22-11-13-25-14-12-22)19(24)18-3-2-8-23(18)15-16-4-6-17(20)7-5-16/h4-7,18H,2-3,8-15H2,1H3/t18-/m0/s1. The summed E-state index contributed by atoms with van der Waals surface area (Å²) in [5, 5.41) is 0. The van der Waals surface area contributed by atoms with E-state index in [1.807, 2.05) is 11.9 Å². The SMILES string of the molecule is CN(CCN1CCOCC1)C(=O)[C@@H]1CCCN1Cc1ccc(F)cc1. The van der Waals surface area contributed by atoms with Gasteiger partial charge < -0.3 is 9.64 Å². The molecule has 0 aromatic heterocycles. The molecule has 0 unspecified atom stereocenters. The molecule has 0 N–H and O–H groups in total. The van der Waals surface area contributed by atoms with Crippen molar-refractivity contribution in [2.75, 3.05) is 53.0 Å². The Balaban J connectivity index is 1.51. The van der Waals surface area contributed by atoms with Crippen LogP contribution in [0.2, 0.25) is 0 Å². The topological polar surface area (TPSA) is 36.0 Å². The van der Waals surface area contributed by atoms with Crippen molar-refractivity contribution in [3.8, 4) is 0 Å². The van der Waals surface area contributed by atoms with Gasteiger partial charge in [0.15, 0.2) is 0 Å². The number of carbonyl (C=O) groups excluding carboxylic acids is 1. The first-order chi connectivity index (χ1) is 12.1. The third-order valence-corrected chi connectivity index (χ3v) is 5.18. The van der Waals surface area contributed by atoms with Crippen molar-refractivity contribution in [1.29, 1.82) is 0 Å². The van der Waals surface area contributed by atoms with Crippen molar-refractivity contribution >= 4 is 5.91 Å². The number of amides is 1. The number of rotatable bonds is 6. The molecular formula is C19H28FN3O2. The largest absolute Gasteiger partial charge is 0.379 e. The molecule has 1 aromatic rings. The number of halogens is 1. The fraction of sp³-hybridized carbons (Fsp3) is 0.632. The van der Waals surface area contributed by atoms with Crippen molar-refractivity contribution in [3.05, 3.63) is 35.6 Å². The molecule has 0 bridgehead atoms. The second kappa shape index (κ2) is 8.74. The zero-order valence-electron chi connectivity index (χ0n) is 15.0. The molecule has 2 heterocycles. The van der Waals surface area contributed by atoms with Crippen molar-refractivity contribution in [3.63, 3.8) is 0 Å². The number of likely N-dealkylation sites (tertiary alicyclic amines) is 1. The maximum absolute atomic E-state index is 13.1. The summed E-state index contributed by atoms with van der Waals surface area (Å²) in [7, 11) is 1.90. The molecule has 2 fully saturated rings. The number of carbonyl (C=O) groups is 1. The average Bonchev–Trinajstić information content (AvgIpc) is 3.10. The fourth-order valence-electron chi connectivity index (χ4n) is 3.60. The molecule has 3 rings (SSSR count). The normalized spacial score (nSPS) is 22.2. The van der Waals surface area contributed by atoms with E-state index in [1.165, 1.54) is 12.1 Å². The first-order valence-electron chi connectivity index (χ1n) is 9.17. The van der Waals surface area contributed by atoms with Crippen LogP contribution in [-0.2, 0) is 16.1 Å². The van der Waals surface area contributed by atoms with Gasteiger partial charge in [0.05, 0.1) is 19.3 Å². The number of hydrogen-bond donors (Lipinski definition) is 0. The van der Waals surface area contributed by atoms with Crippen LogP contribution in [-0.4, -0.2) is 79.6 Å². The van der Waals surface area contributed by atoms with E-state index in [-0.39, 0.29) is 17.8 Å². The summed E-state index contributed by atoms with van der Waals surface area (Å²) in [5.74, 6) is -0.0199. The monoisotopic (exact) mass is 349 g/mol. The molecule has 1 atom stereocenters. The smallest absolute Gasteiger partial charge is 0.239 e. The van der Waals surface area contributed by atoms with Gasteiger partial charge in [0.25, 0.3) is 0 Å². The van der Waals surface area contributed by atoms with E-state index in [0.717, 1.165) is 64.3 Å². The van der Waals surface area contributed by atoms with Crippen molar-refractivity contribution in [2.24, 2.45) is 0 Å².